The van der Waals surface area contributed by atoms with E-state index in [4.69, 9.17) is 4.74 Å². The number of rotatable bonds is 3. The third-order valence-corrected chi connectivity index (χ3v) is 5.64. The van der Waals surface area contributed by atoms with E-state index in [0.29, 0.717) is 0 Å². The fourth-order valence-electron chi connectivity index (χ4n) is 3.05. The molecule has 25 heavy (non-hydrogen) atoms. The van der Waals surface area contributed by atoms with Gasteiger partial charge in [-0.15, -0.1) is 0 Å². The zero-order chi connectivity index (χ0) is 16.4. The first kappa shape index (κ1) is 18.4. The summed E-state index contributed by atoms with van der Waals surface area (Å²) in [4.78, 5) is 2.38. The molecule has 0 spiro atoms. The summed E-state index contributed by atoms with van der Waals surface area (Å²) in [5.41, 5.74) is 3.79. The van der Waals surface area contributed by atoms with Gasteiger partial charge in [0.05, 0.1) is 13.2 Å². The Labute approximate surface area is 169 Å². The van der Waals surface area contributed by atoms with E-state index in [0.717, 1.165) is 26.3 Å². The van der Waals surface area contributed by atoms with Crippen molar-refractivity contribution >= 4 is 39.4 Å². The van der Waals surface area contributed by atoms with Crippen LogP contribution in [0, 0.1) is 0 Å². The number of nitrogens with zero attached hydrogens (tertiary/aromatic N) is 2. The van der Waals surface area contributed by atoms with Gasteiger partial charge in [-0.25, -0.2) is 0 Å². The van der Waals surface area contributed by atoms with Gasteiger partial charge in [-0.1, -0.05) is 35.6 Å². The Hall–Kier alpha value is -1.44. The molecule has 0 aliphatic carbocycles. The molecule has 0 bridgehead atoms. The molecule has 2 heterocycles. The quantitative estimate of drug-likeness (QED) is 0.420. The molecule has 5 heteroatoms. The molecule has 3 aromatic rings. The van der Waals surface area contributed by atoms with Crippen LogP contribution in [0.4, 0.5) is 5.69 Å². The predicted octanol–water partition coefficient (Wildman–Crippen LogP) is 0.737. The van der Waals surface area contributed by atoms with Gasteiger partial charge in [-0.2, -0.15) is 4.57 Å². The van der Waals surface area contributed by atoms with Crippen LogP contribution in [0.3, 0.4) is 0 Å². The standard InChI is InChI=1S/C20H21N2OS.HI/c1-21-18-4-2-3-5-19(18)24-20(21)11-8-16-6-9-17(10-7-16)22-12-14-23-15-13-22;/h2-11H,12-15H2,1H3;1H/q+1;/p-1. The molecule has 0 unspecified atom stereocenters. The van der Waals surface area contributed by atoms with E-state index in [2.05, 4.69) is 77.2 Å². The summed E-state index contributed by atoms with van der Waals surface area (Å²) in [5.74, 6) is 0. The van der Waals surface area contributed by atoms with Crippen molar-refractivity contribution in [2.24, 2.45) is 7.05 Å². The average Bonchev–Trinajstić information content (AvgIpc) is 2.97. The molecule has 0 atom stereocenters. The second kappa shape index (κ2) is 8.29. The monoisotopic (exact) mass is 464 g/mol. The first-order valence-electron chi connectivity index (χ1n) is 8.30. The molecular weight excluding hydrogens is 443 g/mol. The molecular formula is C20H21IN2OS. The van der Waals surface area contributed by atoms with Gasteiger partial charge in [0.25, 0.3) is 5.01 Å². The number of hydrogen-bond donors (Lipinski definition) is 0. The Kier molecular flexibility index (Phi) is 6.09. The molecule has 1 saturated heterocycles. The van der Waals surface area contributed by atoms with Crippen LogP contribution in [0.25, 0.3) is 22.4 Å². The lowest BCUT2D eigenvalue weighted by molar-refractivity contribution is -0.642. The van der Waals surface area contributed by atoms with Crippen molar-refractivity contribution in [3.8, 4) is 0 Å². The largest absolute Gasteiger partial charge is 1.00 e. The van der Waals surface area contributed by atoms with Crippen molar-refractivity contribution in [3.63, 3.8) is 0 Å². The second-order valence-corrected chi connectivity index (χ2v) is 7.05. The smallest absolute Gasteiger partial charge is 0.262 e. The summed E-state index contributed by atoms with van der Waals surface area (Å²) in [6.45, 7) is 3.60. The van der Waals surface area contributed by atoms with Crippen molar-refractivity contribution in [3.05, 3.63) is 59.1 Å². The topological polar surface area (TPSA) is 16.4 Å². The molecule has 1 fully saturated rings. The van der Waals surface area contributed by atoms with E-state index < -0.39 is 0 Å². The number of ether oxygens (including phenoxy) is 1. The molecule has 1 aliphatic heterocycles. The summed E-state index contributed by atoms with van der Waals surface area (Å²) in [6, 6.07) is 17.3. The Morgan fingerprint density at radius 1 is 1.00 bits per heavy atom. The van der Waals surface area contributed by atoms with E-state index in [1.165, 1.54) is 26.5 Å². The maximum absolute atomic E-state index is 5.41. The van der Waals surface area contributed by atoms with Crippen LogP contribution < -0.4 is 33.4 Å². The normalized spacial score (nSPS) is 14.8. The zero-order valence-electron chi connectivity index (χ0n) is 14.2. The number of halogens is 1. The molecule has 130 valence electrons. The SMILES string of the molecule is C[n+]1c(/C=C/c2ccc(N3CCOCC3)cc2)sc2ccccc21.[I-]. The van der Waals surface area contributed by atoms with Gasteiger partial charge < -0.3 is 33.6 Å². The van der Waals surface area contributed by atoms with E-state index in [-0.39, 0.29) is 24.0 Å². The minimum Gasteiger partial charge on any atom is -1.00 e. The number of aromatic nitrogens is 1. The van der Waals surface area contributed by atoms with Crippen molar-refractivity contribution in [1.82, 2.24) is 0 Å². The fourth-order valence-corrected chi connectivity index (χ4v) is 4.10. The molecule has 0 amide bonds. The third-order valence-electron chi connectivity index (χ3n) is 4.46. The van der Waals surface area contributed by atoms with Gasteiger partial charge in [0.2, 0.25) is 5.52 Å². The third kappa shape index (κ3) is 4.04. The summed E-state index contributed by atoms with van der Waals surface area (Å²) in [7, 11) is 2.13. The van der Waals surface area contributed by atoms with Gasteiger partial charge in [0, 0.05) is 30.9 Å². The molecule has 1 aliphatic rings. The summed E-state index contributed by atoms with van der Waals surface area (Å²) < 4.78 is 8.98. The molecule has 0 saturated carbocycles. The van der Waals surface area contributed by atoms with Crippen LogP contribution in [0.15, 0.2) is 48.5 Å². The minimum atomic E-state index is 0. The van der Waals surface area contributed by atoms with Gasteiger partial charge in [-0.05, 0) is 29.8 Å². The van der Waals surface area contributed by atoms with Crippen molar-refractivity contribution in [1.29, 1.82) is 0 Å². The van der Waals surface area contributed by atoms with Crippen LogP contribution in [0.5, 0.6) is 0 Å². The van der Waals surface area contributed by atoms with Crippen molar-refractivity contribution < 1.29 is 33.3 Å². The Morgan fingerprint density at radius 3 is 2.44 bits per heavy atom. The maximum Gasteiger partial charge on any atom is 0.262 e. The molecule has 3 nitrogen and oxygen atoms in total. The Bertz CT molecular complexity index is 867. The number of thiazole rings is 1. The van der Waals surface area contributed by atoms with Crippen molar-refractivity contribution in [2.75, 3.05) is 31.2 Å². The van der Waals surface area contributed by atoms with Crippen LogP contribution >= 0.6 is 11.3 Å². The number of aryl methyl sites for hydroxylation is 1. The lowest BCUT2D eigenvalue weighted by atomic mass is 10.1. The van der Waals surface area contributed by atoms with Gasteiger partial charge in [0.1, 0.15) is 11.7 Å². The first-order chi connectivity index (χ1) is 11.8. The minimum absolute atomic E-state index is 0. The fraction of sp³-hybridized carbons (Fsp3) is 0.250. The number of para-hydroxylation sites is 1. The summed E-state index contributed by atoms with van der Waals surface area (Å²) in [5, 5.41) is 1.26. The van der Waals surface area contributed by atoms with Gasteiger partial charge in [-0.3, -0.25) is 0 Å². The number of anilines is 1. The van der Waals surface area contributed by atoms with E-state index in [9.17, 15) is 0 Å². The molecule has 4 rings (SSSR count). The van der Waals surface area contributed by atoms with Gasteiger partial charge >= 0.3 is 0 Å². The molecule has 0 radical (unpaired) electrons. The molecule has 0 N–H and O–H groups in total. The number of benzene rings is 2. The number of hydrogen-bond acceptors (Lipinski definition) is 3. The highest BCUT2D eigenvalue weighted by Crippen LogP contribution is 2.22. The lowest BCUT2D eigenvalue weighted by Crippen LogP contribution is -3.00. The van der Waals surface area contributed by atoms with E-state index in [1.54, 1.807) is 0 Å². The first-order valence-corrected chi connectivity index (χ1v) is 9.11. The van der Waals surface area contributed by atoms with Crippen molar-refractivity contribution in [2.45, 2.75) is 0 Å². The highest BCUT2D eigenvalue weighted by molar-refractivity contribution is 7.18. The van der Waals surface area contributed by atoms with Crippen LogP contribution in [0.2, 0.25) is 0 Å². The Balaban J connectivity index is 0.00000182. The highest BCUT2D eigenvalue weighted by atomic mass is 127. The zero-order valence-corrected chi connectivity index (χ0v) is 17.2. The summed E-state index contributed by atoms with van der Waals surface area (Å²) >= 11 is 1.82. The predicted molar refractivity (Wildman–Crippen MR) is 101 cm³/mol. The number of morpholine rings is 1. The lowest BCUT2D eigenvalue weighted by Gasteiger charge is -2.28. The van der Waals surface area contributed by atoms with Crippen LogP contribution in [0.1, 0.15) is 10.6 Å². The molecule has 1 aromatic heterocycles. The molecule has 2 aromatic carbocycles. The highest BCUT2D eigenvalue weighted by Gasteiger charge is 2.13. The number of fused-ring (bicyclic) bond motifs is 1. The van der Waals surface area contributed by atoms with Crippen LogP contribution in [-0.4, -0.2) is 26.3 Å². The second-order valence-electron chi connectivity index (χ2n) is 5.99. The average molecular weight is 464 g/mol. The summed E-state index contributed by atoms with van der Waals surface area (Å²) in [6.07, 6.45) is 4.39. The maximum atomic E-state index is 5.41. The van der Waals surface area contributed by atoms with E-state index >= 15 is 0 Å². The van der Waals surface area contributed by atoms with Crippen LogP contribution in [-0.2, 0) is 11.8 Å². The van der Waals surface area contributed by atoms with E-state index in [1.807, 2.05) is 11.3 Å². The Morgan fingerprint density at radius 2 is 1.72 bits per heavy atom. The van der Waals surface area contributed by atoms with Gasteiger partial charge in [0.15, 0.2) is 0 Å².